The summed E-state index contributed by atoms with van der Waals surface area (Å²) in [5.41, 5.74) is 0. The van der Waals surface area contributed by atoms with Crippen LogP contribution >= 0.6 is 36.1 Å². The predicted molar refractivity (Wildman–Crippen MR) is 81.3 cm³/mol. The number of aliphatic hydroxyl groups excluding tert-OH is 2. The molecule has 0 heterocycles. The predicted octanol–water partition coefficient (Wildman–Crippen LogP) is 4.11. The Morgan fingerprint density at radius 3 is 1.13 bits per heavy atom. The Bertz CT molecular complexity index is 62.4. The van der Waals surface area contributed by atoms with Gasteiger partial charge in [0, 0.05) is 13.2 Å². The molecular weight excluding hydrogens is 497 g/mol. The molecule has 0 aromatic heterocycles. The molecule has 0 aliphatic carbocycles. The molecule has 0 aromatic rings. The third-order valence-corrected chi connectivity index (χ3v) is 1.52. The Morgan fingerprint density at radius 2 is 1.07 bits per heavy atom. The van der Waals surface area contributed by atoms with E-state index in [1.807, 2.05) is 0 Å². The van der Waals surface area contributed by atoms with Crippen molar-refractivity contribution in [3.63, 3.8) is 0 Å². The molecule has 0 saturated heterocycles. The quantitative estimate of drug-likeness (QED) is 0.408. The van der Waals surface area contributed by atoms with Crippen molar-refractivity contribution in [1.82, 2.24) is 0 Å². The van der Waals surface area contributed by atoms with Crippen LogP contribution in [0, 0.1) is 0 Å². The van der Waals surface area contributed by atoms with Gasteiger partial charge in [0.2, 0.25) is 0 Å². The first kappa shape index (κ1) is 22.4. The Hall–Kier alpha value is 2.26. The Balaban J connectivity index is -0.000000153. The van der Waals surface area contributed by atoms with E-state index in [-0.39, 0.29) is 14.9 Å². The monoisotopic (exact) mass is 520 g/mol. The van der Waals surface area contributed by atoms with Gasteiger partial charge in [-0.1, -0.05) is 39.5 Å². The van der Waals surface area contributed by atoms with Gasteiger partial charge in [-0.25, -0.2) is 0 Å². The third kappa shape index (κ3) is 48.5. The van der Waals surface area contributed by atoms with Gasteiger partial charge >= 0.3 is 50.9 Å². The fourth-order valence-corrected chi connectivity index (χ4v) is 0.724. The molecule has 0 amide bonds. The molecule has 15 heavy (non-hydrogen) atoms. The SMILES string of the molecule is CCCCCO.CCCCCO.[I][Zr][I]. The van der Waals surface area contributed by atoms with Crippen LogP contribution in [-0.4, -0.2) is 23.4 Å². The molecule has 0 aliphatic heterocycles. The molecule has 0 fully saturated rings. The van der Waals surface area contributed by atoms with Crippen molar-refractivity contribution < 1.29 is 25.1 Å². The van der Waals surface area contributed by atoms with E-state index in [1.54, 1.807) is 0 Å². The molecule has 0 bridgehead atoms. The van der Waals surface area contributed by atoms with Gasteiger partial charge in [-0.05, 0) is 12.8 Å². The Kier molecular flexibility index (Phi) is 44.7. The number of halogens is 2. The number of aliphatic hydroxyl groups is 2. The molecule has 2 nitrogen and oxygen atoms in total. The molecule has 0 saturated carbocycles. The average molecular weight is 521 g/mol. The number of unbranched alkanes of at least 4 members (excludes halogenated alkanes) is 4. The van der Waals surface area contributed by atoms with E-state index in [4.69, 9.17) is 10.2 Å². The summed E-state index contributed by atoms with van der Waals surface area (Å²) < 4.78 is 0. The second-order valence-corrected chi connectivity index (χ2v) is 21.9. The normalized spacial score (nSPS) is 8.13. The zero-order chi connectivity index (χ0) is 12.4. The van der Waals surface area contributed by atoms with E-state index in [1.165, 1.54) is 12.8 Å². The van der Waals surface area contributed by atoms with Crippen LogP contribution in [0.2, 0.25) is 0 Å². The van der Waals surface area contributed by atoms with Gasteiger partial charge in [0.15, 0.2) is 0 Å². The number of hydrogen-bond acceptors (Lipinski definition) is 2. The van der Waals surface area contributed by atoms with Crippen molar-refractivity contribution >= 4 is 36.1 Å². The Morgan fingerprint density at radius 1 is 0.800 bits per heavy atom. The molecule has 2 N–H and O–H groups in total. The molecule has 5 heteroatoms. The molecule has 0 rings (SSSR count). The number of hydrogen-bond donors (Lipinski definition) is 2. The van der Waals surface area contributed by atoms with Gasteiger partial charge in [0.05, 0.1) is 0 Å². The van der Waals surface area contributed by atoms with Crippen LogP contribution in [-0.2, 0) is 14.9 Å². The standard InChI is InChI=1S/2C5H12O.2HI.Zr/c2*1-2-3-4-5-6;;;/h2*6H,2-5H2,1H3;2*1H;/q;;;;+2/p-2. The van der Waals surface area contributed by atoms with Gasteiger partial charge in [-0.15, -0.1) is 0 Å². The summed E-state index contributed by atoms with van der Waals surface area (Å²) in [7, 11) is 0. The summed E-state index contributed by atoms with van der Waals surface area (Å²) >= 11 is 5.06. The topological polar surface area (TPSA) is 40.5 Å². The van der Waals surface area contributed by atoms with E-state index in [0.717, 1.165) is 25.7 Å². The van der Waals surface area contributed by atoms with Gasteiger partial charge < -0.3 is 10.2 Å². The van der Waals surface area contributed by atoms with Crippen LogP contribution in [0.1, 0.15) is 52.4 Å². The van der Waals surface area contributed by atoms with Crippen LogP contribution in [0.25, 0.3) is 0 Å². The van der Waals surface area contributed by atoms with Crippen molar-refractivity contribution in [2.45, 2.75) is 52.4 Å². The summed E-state index contributed by atoms with van der Waals surface area (Å²) in [6, 6.07) is 0. The molecule has 0 aromatic carbocycles. The van der Waals surface area contributed by atoms with E-state index < -0.39 is 0 Å². The molecule has 0 radical (unpaired) electrons. The minimum absolute atomic E-state index is 0.170. The maximum absolute atomic E-state index is 8.20. The first-order chi connectivity index (χ1) is 7.24. The Labute approximate surface area is 125 Å². The second-order valence-electron chi connectivity index (χ2n) is 2.93. The van der Waals surface area contributed by atoms with Crippen molar-refractivity contribution in [2.24, 2.45) is 0 Å². The summed E-state index contributed by atoms with van der Waals surface area (Å²) in [5, 5.41) is 16.4. The van der Waals surface area contributed by atoms with E-state index in [9.17, 15) is 0 Å². The first-order valence-corrected chi connectivity index (χ1v) is 20.0. The zero-order valence-corrected chi connectivity index (χ0v) is 16.6. The maximum atomic E-state index is 8.20. The third-order valence-electron chi connectivity index (χ3n) is 1.52. The molecule has 0 aliphatic rings. The van der Waals surface area contributed by atoms with E-state index >= 15 is 0 Å². The van der Waals surface area contributed by atoms with E-state index in [0.29, 0.717) is 13.2 Å². The summed E-state index contributed by atoms with van der Waals surface area (Å²) in [5.74, 6) is 0. The summed E-state index contributed by atoms with van der Waals surface area (Å²) in [4.78, 5) is 0. The van der Waals surface area contributed by atoms with Crippen LogP contribution in [0.4, 0.5) is 0 Å². The van der Waals surface area contributed by atoms with Crippen LogP contribution in [0.3, 0.4) is 0 Å². The van der Waals surface area contributed by atoms with Crippen LogP contribution < -0.4 is 0 Å². The molecule has 94 valence electrons. The van der Waals surface area contributed by atoms with Crippen molar-refractivity contribution in [3.05, 3.63) is 0 Å². The van der Waals surface area contributed by atoms with Gasteiger partial charge in [0.25, 0.3) is 0 Å². The molecule has 0 spiro atoms. The summed E-state index contributed by atoms with van der Waals surface area (Å²) in [6.07, 6.45) is 6.65. The minimum atomic E-state index is 0.170. The van der Waals surface area contributed by atoms with Gasteiger partial charge in [-0.2, -0.15) is 0 Å². The molecule has 0 atom stereocenters. The van der Waals surface area contributed by atoms with Gasteiger partial charge in [0.1, 0.15) is 0 Å². The van der Waals surface area contributed by atoms with Crippen molar-refractivity contribution in [1.29, 1.82) is 0 Å². The molecule has 0 unspecified atom stereocenters. The summed E-state index contributed by atoms with van der Waals surface area (Å²) in [6.45, 7) is 4.95. The van der Waals surface area contributed by atoms with E-state index in [2.05, 4.69) is 49.9 Å². The fraction of sp³-hybridized carbons (Fsp3) is 1.00. The first-order valence-electron chi connectivity index (χ1n) is 5.42. The molecular formula is C10H24I2O2Zr. The van der Waals surface area contributed by atoms with Crippen LogP contribution in [0.5, 0.6) is 0 Å². The second kappa shape index (κ2) is 29.9. The van der Waals surface area contributed by atoms with Gasteiger partial charge in [-0.3, -0.25) is 0 Å². The zero-order valence-electron chi connectivity index (χ0n) is 9.81. The van der Waals surface area contributed by atoms with Crippen LogP contribution in [0.15, 0.2) is 0 Å². The fourth-order valence-electron chi connectivity index (χ4n) is 0.724. The average Bonchev–Trinajstić information content (AvgIpc) is 2.25. The van der Waals surface area contributed by atoms with Crippen molar-refractivity contribution in [2.75, 3.05) is 13.2 Å². The van der Waals surface area contributed by atoms with Crippen molar-refractivity contribution in [3.8, 4) is 0 Å². The number of rotatable bonds is 6.